The van der Waals surface area contributed by atoms with E-state index in [9.17, 15) is 20.4 Å². The summed E-state index contributed by atoms with van der Waals surface area (Å²) < 4.78 is 12.6. The number of aliphatic hydroxyl groups excluding tert-OH is 4. The number of benzene rings is 2. The van der Waals surface area contributed by atoms with Crippen molar-refractivity contribution >= 4 is 17.9 Å². The van der Waals surface area contributed by atoms with Crippen LogP contribution in [-0.2, 0) is 4.74 Å². The maximum absolute atomic E-state index is 10.1. The fraction of sp³-hybridized carbons (Fsp3) is 0.280. The molecule has 1 aromatic heterocycles. The van der Waals surface area contributed by atoms with Gasteiger partial charge in [0.1, 0.15) is 42.7 Å². The van der Waals surface area contributed by atoms with Crippen LogP contribution in [0.4, 0.5) is 5.82 Å². The summed E-state index contributed by atoms with van der Waals surface area (Å²) in [6.07, 6.45) is -3.67. The largest absolute Gasteiger partial charge is 0.462 e. The summed E-state index contributed by atoms with van der Waals surface area (Å²) >= 11 is 0. The highest BCUT2D eigenvalue weighted by Gasteiger charge is 2.44. The normalized spacial score (nSPS) is 25.1. The van der Waals surface area contributed by atoms with Crippen molar-refractivity contribution in [3.63, 3.8) is 0 Å². The topological polar surface area (TPSA) is 192 Å². The fourth-order valence-corrected chi connectivity index (χ4v) is 4.10. The maximum Gasteiger partial charge on any atom is 0.229 e. The first-order valence-corrected chi connectivity index (χ1v) is 11.7. The van der Waals surface area contributed by atoms with Crippen molar-refractivity contribution in [2.75, 3.05) is 18.6 Å². The van der Waals surface area contributed by atoms with Crippen LogP contribution in [0.1, 0.15) is 16.7 Å². The van der Waals surface area contributed by atoms with Crippen LogP contribution in [-0.4, -0.2) is 91.2 Å². The molecule has 3 aromatic rings. The number of hydrogen-bond donors (Lipinski definition) is 6. The molecule has 0 spiro atoms. The van der Waals surface area contributed by atoms with Crippen LogP contribution in [0.2, 0.25) is 0 Å². The number of amidine groups is 1. The van der Waals surface area contributed by atoms with E-state index in [2.05, 4.69) is 21.6 Å². The highest BCUT2D eigenvalue weighted by molar-refractivity contribution is 6.02. The average molecular weight is 520 g/mol. The maximum atomic E-state index is 10.1. The molecular formula is C25H25N7O6. The minimum absolute atomic E-state index is 0.164. The predicted octanol–water partition coefficient (Wildman–Crippen LogP) is -0.0329. The van der Waals surface area contributed by atoms with E-state index in [0.29, 0.717) is 28.3 Å². The molecule has 3 heterocycles. The summed E-state index contributed by atoms with van der Waals surface area (Å²) in [6, 6.07) is 15.7. The zero-order chi connectivity index (χ0) is 26.8. The van der Waals surface area contributed by atoms with Gasteiger partial charge in [-0.3, -0.25) is 5.41 Å². The third-order valence-corrected chi connectivity index (χ3v) is 6.25. The Labute approximate surface area is 216 Å². The minimum Gasteiger partial charge on any atom is -0.462 e. The van der Waals surface area contributed by atoms with Crippen LogP contribution < -0.4 is 10.1 Å². The highest BCUT2D eigenvalue weighted by Crippen LogP contribution is 2.26. The number of rotatable bonds is 6. The second-order valence-electron chi connectivity index (χ2n) is 8.69. The first-order chi connectivity index (χ1) is 18.4. The fourth-order valence-electron chi connectivity index (χ4n) is 4.10. The van der Waals surface area contributed by atoms with E-state index in [-0.39, 0.29) is 12.5 Å². The summed E-state index contributed by atoms with van der Waals surface area (Å²) in [7, 11) is 0. The smallest absolute Gasteiger partial charge is 0.229 e. The van der Waals surface area contributed by atoms with E-state index < -0.39 is 37.3 Å². The van der Waals surface area contributed by atoms with Crippen LogP contribution in [0, 0.1) is 16.7 Å². The Morgan fingerprint density at radius 1 is 1.13 bits per heavy atom. The highest BCUT2D eigenvalue weighted by atomic mass is 16.7. The van der Waals surface area contributed by atoms with Crippen molar-refractivity contribution in [3.05, 3.63) is 71.4 Å². The van der Waals surface area contributed by atoms with Gasteiger partial charge in [-0.05, 0) is 54.1 Å². The van der Waals surface area contributed by atoms with Gasteiger partial charge in [0.25, 0.3) is 0 Å². The van der Waals surface area contributed by atoms with E-state index in [1.807, 2.05) is 0 Å². The number of fused-ring (bicyclic) bond motifs is 1. The quantitative estimate of drug-likeness (QED) is 0.241. The molecule has 2 aromatic carbocycles. The molecule has 0 bridgehead atoms. The summed E-state index contributed by atoms with van der Waals surface area (Å²) in [5.74, 6) is 1.15. The molecule has 38 heavy (non-hydrogen) atoms. The lowest BCUT2D eigenvalue weighted by atomic mass is 9.99. The molecule has 2 aliphatic heterocycles. The third-order valence-electron chi connectivity index (χ3n) is 6.25. The number of aliphatic hydroxyl groups is 4. The molecule has 2 aliphatic rings. The standard InChI is InChI=1S/C25H25N7O6/c26-9-14-1-5-16(6-2-14)32-24-18(11-30-32)23(27)31(13-28-24)29-10-15-3-7-17(8-4-15)37-25-22(36)21(35)20(34)19(12-33)38-25/h1-8,10-11,19-22,25,27-28,33-36H,12-13H2. The lowest BCUT2D eigenvalue weighted by molar-refractivity contribution is -0.277. The van der Waals surface area contributed by atoms with E-state index in [1.165, 1.54) is 5.01 Å². The molecule has 5 unspecified atom stereocenters. The van der Waals surface area contributed by atoms with Crippen LogP contribution in [0.25, 0.3) is 5.69 Å². The van der Waals surface area contributed by atoms with Crippen LogP contribution in [0.5, 0.6) is 5.75 Å². The number of anilines is 1. The molecule has 13 heteroatoms. The molecule has 196 valence electrons. The lowest BCUT2D eigenvalue weighted by Crippen LogP contribution is -2.60. The van der Waals surface area contributed by atoms with Crippen molar-refractivity contribution in [2.45, 2.75) is 30.7 Å². The van der Waals surface area contributed by atoms with Gasteiger partial charge in [0.05, 0.1) is 41.9 Å². The summed E-state index contributed by atoms with van der Waals surface area (Å²) in [5.41, 5.74) is 2.58. The number of nitrogens with one attached hydrogen (secondary N) is 2. The Hall–Kier alpha value is -4.32. The first-order valence-electron chi connectivity index (χ1n) is 11.7. The number of hydrogen-bond acceptors (Lipinski definition) is 11. The molecule has 0 saturated carbocycles. The zero-order valence-electron chi connectivity index (χ0n) is 19.9. The molecule has 5 rings (SSSR count). The number of aromatic nitrogens is 2. The van der Waals surface area contributed by atoms with E-state index in [1.54, 1.807) is 65.6 Å². The molecule has 5 atom stereocenters. The number of nitriles is 1. The summed E-state index contributed by atoms with van der Waals surface area (Å²) in [5, 5.41) is 70.3. The second-order valence-corrected chi connectivity index (χ2v) is 8.69. The van der Waals surface area contributed by atoms with E-state index in [0.717, 1.165) is 5.69 Å². The Balaban J connectivity index is 1.23. The number of nitrogens with zero attached hydrogens (tertiary/aromatic N) is 5. The Morgan fingerprint density at radius 2 is 1.87 bits per heavy atom. The van der Waals surface area contributed by atoms with Gasteiger partial charge in [-0.15, -0.1) is 0 Å². The molecule has 13 nitrogen and oxygen atoms in total. The van der Waals surface area contributed by atoms with Gasteiger partial charge in [0.2, 0.25) is 6.29 Å². The molecule has 1 saturated heterocycles. The van der Waals surface area contributed by atoms with Crippen molar-refractivity contribution in [1.82, 2.24) is 14.8 Å². The van der Waals surface area contributed by atoms with E-state index in [4.69, 9.17) is 20.1 Å². The van der Waals surface area contributed by atoms with Gasteiger partial charge in [0, 0.05) is 0 Å². The summed E-state index contributed by atoms with van der Waals surface area (Å²) in [4.78, 5) is 0. The molecule has 6 N–H and O–H groups in total. The van der Waals surface area contributed by atoms with Gasteiger partial charge >= 0.3 is 0 Å². The molecular weight excluding hydrogens is 494 g/mol. The van der Waals surface area contributed by atoms with Gasteiger partial charge in [0.15, 0.2) is 5.84 Å². The van der Waals surface area contributed by atoms with Crippen molar-refractivity contribution in [1.29, 1.82) is 10.7 Å². The predicted molar refractivity (Wildman–Crippen MR) is 134 cm³/mol. The molecule has 0 amide bonds. The first kappa shape index (κ1) is 25.3. The molecule has 1 fully saturated rings. The Bertz CT molecular complexity index is 1370. The Morgan fingerprint density at radius 3 is 2.55 bits per heavy atom. The van der Waals surface area contributed by atoms with Crippen molar-refractivity contribution in [3.8, 4) is 17.5 Å². The monoisotopic (exact) mass is 519 g/mol. The SMILES string of the molecule is N#Cc1ccc(-n2ncc3c2NCN(N=Cc2ccc(OC4OC(CO)C(O)C(O)C4O)cc2)C3=N)cc1. The average Bonchev–Trinajstić information content (AvgIpc) is 3.39. The van der Waals surface area contributed by atoms with Gasteiger partial charge < -0.3 is 35.2 Å². The van der Waals surface area contributed by atoms with Crippen LogP contribution in [0.3, 0.4) is 0 Å². The van der Waals surface area contributed by atoms with Crippen molar-refractivity contribution < 1.29 is 29.9 Å². The molecule has 0 radical (unpaired) electrons. The van der Waals surface area contributed by atoms with E-state index >= 15 is 0 Å². The van der Waals surface area contributed by atoms with Gasteiger partial charge in [-0.2, -0.15) is 15.5 Å². The zero-order valence-corrected chi connectivity index (χ0v) is 19.9. The van der Waals surface area contributed by atoms with Gasteiger partial charge in [-0.25, -0.2) is 9.69 Å². The molecule has 0 aliphatic carbocycles. The number of ether oxygens (including phenoxy) is 2. The second kappa shape index (κ2) is 10.6. The van der Waals surface area contributed by atoms with Gasteiger partial charge in [-0.1, -0.05) is 0 Å². The number of hydrazone groups is 1. The third kappa shape index (κ3) is 4.82. The van der Waals surface area contributed by atoms with Crippen LogP contribution >= 0.6 is 0 Å². The van der Waals surface area contributed by atoms with Crippen molar-refractivity contribution in [2.24, 2.45) is 5.10 Å². The Kier molecular flexibility index (Phi) is 7.05. The minimum atomic E-state index is -1.53. The summed E-state index contributed by atoms with van der Waals surface area (Å²) in [6.45, 7) is -0.305. The van der Waals surface area contributed by atoms with Crippen LogP contribution in [0.15, 0.2) is 59.8 Å². The lowest BCUT2D eigenvalue weighted by Gasteiger charge is -2.39.